The van der Waals surface area contributed by atoms with E-state index in [9.17, 15) is 5.11 Å². The van der Waals surface area contributed by atoms with Crippen LogP contribution in [0.2, 0.25) is 5.02 Å². The highest BCUT2D eigenvalue weighted by molar-refractivity contribution is 6.31. The molecule has 1 saturated heterocycles. The molecular formula is C13H15ClN4O2. The number of nitrogens with zero attached hydrogens (tertiary/aromatic N) is 4. The molecule has 0 unspecified atom stereocenters. The van der Waals surface area contributed by atoms with Crippen molar-refractivity contribution in [3.8, 4) is 0 Å². The Morgan fingerprint density at radius 3 is 3.10 bits per heavy atom. The molecule has 1 aliphatic heterocycles. The van der Waals surface area contributed by atoms with Gasteiger partial charge in [-0.2, -0.15) is 4.98 Å². The number of likely N-dealkylation sites (tertiary alicyclic amines) is 1. The van der Waals surface area contributed by atoms with Crippen LogP contribution in [0.5, 0.6) is 0 Å². The Morgan fingerprint density at radius 1 is 1.55 bits per heavy atom. The standard InChI is InChI=1S/C13H15ClN4O2/c1-8-16-13(20-17-8)12-4-10(19)7-18(12)6-9-2-3-15-5-11(9)14/h2-3,5,10,12,19H,4,6-7H2,1H3/t10-,12-/m1/s1. The summed E-state index contributed by atoms with van der Waals surface area (Å²) in [5.74, 6) is 1.15. The molecule has 2 atom stereocenters. The van der Waals surface area contributed by atoms with Crippen LogP contribution >= 0.6 is 11.6 Å². The molecule has 0 radical (unpaired) electrons. The monoisotopic (exact) mass is 294 g/mol. The van der Waals surface area contributed by atoms with Crippen LogP contribution in [-0.2, 0) is 6.54 Å². The zero-order valence-electron chi connectivity index (χ0n) is 11.0. The van der Waals surface area contributed by atoms with Crippen molar-refractivity contribution in [1.82, 2.24) is 20.0 Å². The van der Waals surface area contributed by atoms with Crippen molar-refractivity contribution in [1.29, 1.82) is 0 Å². The minimum atomic E-state index is -0.396. The lowest BCUT2D eigenvalue weighted by Crippen LogP contribution is -2.24. The fourth-order valence-electron chi connectivity index (χ4n) is 2.51. The summed E-state index contributed by atoms with van der Waals surface area (Å²) < 4.78 is 5.24. The number of aliphatic hydroxyl groups excluding tert-OH is 1. The Morgan fingerprint density at radius 2 is 2.40 bits per heavy atom. The fraction of sp³-hybridized carbons (Fsp3) is 0.462. The molecule has 7 heteroatoms. The quantitative estimate of drug-likeness (QED) is 0.929. The molecule has 0 amide bonds. The topological polar surface area (TPSA) is 75.3 Å². The first-order valence-electron chi connectivity index (χ1n) is 6.44. The normalized spacial score (nSPS) is 23.4. The van der Waals surface area contributed by atoms with Gasteiger partial charge in [-0.05, 0) is 25.0 Å². The molecule has 0 bridgehead atoms. The van der Waals surface area contributed by atoms with E-state index in [4.69, 9.17) is 16.1 Å². The summed E-state index contributed by atoms with van der Waals surface area (Å²) in [5.41, 5.74) is 0.969. The van der Waals surface area contributed by atoms with E-state index in [0.29, 0.717) is 36.2 Å². The van der Waals surface area contributed by atoms with Gasteiger partial charge in [0.05, 0.1) is 17.2 Å². The average molecular weight is 295 g/mol. The van der Waals surface area contributed by atoms with E-state index in [0.717, 1.165) is 5.56 Å². The molecule has 2 aromatic heterocycles. The van der Waals surface area contributed by atoms with Gasteiger partial charge in [0.15, 0.2) is 5.82 Å². The second-order valence-electron chi connectivity index (χ2n) is 4.98. The summed E-state index contributed by atoms with van der Waals surface area (Å²) in [7, 11) is 0. The summed E-state index contributed by atoms with van der Waals surface area (Å²) in [6.07, 6.45) is 3.52. The molecular weight excluding hydrogens is 280 g/mol. The number of halogens is 1. The summed E-state index contributed by atoms with van der Waals surface area (Å²) in [6, 6.07) is 1.80. The van der Waals surface area contributed by atoms with Gasteiger partial charge in [-0.1, -0.05) is 16.8 Å². The molecule has 1 N–H and O–H groups in total. The lowest BCUT2D eigenvalue weighted by molar-refractivity contribution is 0.169. The molecule has 106 valence electrons. The summed E-state index contributed by atoms with van der Waals surface area (Å²) in [4.78, 5) is 10.3. The predicted molar refractivity (Wildman–Crippen MR) is 72.1 cm³/mol. The van der Waals surface area contributed by atoms with E-state index in [1.165, 1.54) is 0 Å². The van der Waals surface area contributed by atoms with E-state index in [1.54, 1.807) is 19.3 Å². The van der Waals surface area contributed by atoms with Crippen molar-refractivity contribution in [2.75, 3.05) is 6.54 Å². The SMILES string of the molecule is Cc1noc([C@H]2C[C@@H](O)CN2Cc2ccncc2Cl)n1. The highest BCUT2D eigenvalue weighted by atomic mass is 35.5. The number of β-amino-alcohol motifs (C(OH)–C–C–N with tert-alkyl or cyclic N) is 1. The zero-order valence-corrected chi connectivity index (χ0v) is 11.8. The minimum absolute atomic E-state index is 0.0737. The van der Waals surface area contributed by atoms with Crippen LogP contribution in [0.4, 0.5) is 0 Å². The van der Waals surface area contributed by atoms with Crippen LogP contribution < -0.4 is 0 Å². The fourth-order valence-corrected chi connectivity index (χ4v) is 2.69. The lowest BCUT2D eigenvalue weighted by atomic mass is 10.2. The van der Waals surface area contributed by atoms with Gasteiger partial charge in [-0.25, -0.2) is 0 Å². The second-order valence-corrected chi connectivity index (χ2v) is 5.39. The van der Waals surface area contributed by atoms with Crippen LogP contribution in [0.15, 0.2) is 23.0 Å². The maximum Gasteiger partial charge on any atom is 0.244 e. The third-order valence-corrected chi connectivity index (χ3v) is 3.78. The Kier molecular flexibility index (Phi) is 3.69. The molecule has 6 nitrogen and oxygen atoms in total. The average Bonchev–Trinajstić information content (AvgIpc) is 2.98. The first-order chi connectivity index (χ1) is 9.63. The number of pyridine rings is 1. The second kappa shape index (κ2) is 5.47. The lowest BCUT2D eigenvalue weighted by Gasteiger charge is -2.21. The molecule has 0 aromatic carbocycles. The Labute approximate surface area is 121 Å². The smallest absolute Gasteiger partial charge is 0.244 e. The molecule has 2 aromatic rings. The van der Waals surface area contributed by atoms with Crippen LogP contribution in [0.1, 0.15) is 29.7 Å². The van der Waals surface area contributed by atoms with Gasteiger partial charge >= 0.3 is 0 Å². The van der Waals surface area contributed by atoms with E-state index in [-0.39, 0.29) is 6.04 Å². The van der Waals surface area contributed by atoms with Crippen LogP contribution in [0.25, 0.3) is 0 Å². The van der Waals surface area contributed by atoms with Crippen molar-refractivity contribution in [3.05, 3.63) is 40.8 Å². The number of aryl methyl sites for hydroxylation is 1. The maximum absolute atomic E-state index is 9.91. The summed E-state index contributed by atoms with van der Waals surface area (Å²) in [5, 5.41) is 14.3. The molecule has 0 aliphatic carbocycles. The minimum Gasteiger partial charge on any atom is -0.392 e. The first kappa shape index (κ1) is 13.5. The third kappa shape index (κ3) is 2.67. The Hall–Kier alpha value is -1.50. The largest absolute Gasteiger partial charge is 0.392 e. The van der Waals surface area contributed by atoms with Gasteiger partial charge in [0, 0.05) is 25.5 Å². The van der Waals surface area contributed by atoms with Crippen molar-refractivity contribution >= 4 is 11.6 Å². The van der Waals surface area contributed by atoms with Gasteiger partial charge in [-0.15, -0.1) is 0 Å². The predicted octanol–water partition coefficient (Wildman–Crippen LogP) is 1.73. The van der Waals surface area contributed by atoms with Crippen molar-refractivity contribution in [2.24, 2.45) is 0 Å². The molecule has 1 fully saturated rings. The van der Waals surface area contributed by atoms with Gasteiger partial charge in [0.25, 0.3) is 0 Å². The number of aliphatic hydroxyl groups is 1. The van der Waals surface area contributed by atoms with E-state index >= 15 is 0 Å². The van der Waals surface area contributed by atoms with E-state index in [1.807, 2.05) is 6.07 Å². The number of hydrogen-bond donors (Lipinski definition) is 1. The number of rotatable bonds is 3. The maximum atomic E-state index is 9.91. The summed E-state index contributed by atoms with van der Waals surface area (Å²) >= 11 is 6.13. The number of hydrogen-bond acceptors (Lipinski definition) is 6. The van der Waals surface area contributed by atoms with Crippen LogP contribution in [-0.4, -0.2) is 37.8 Å². The first-order valence-corrected chi connectivity index (χ1v) is 6.82. The number of aromatic nitrogens is 3. The molecule has 0 saturated carbocycles. The zero-order chi connectivity index (χ0) is 14.1. The van der Waals surface area contributed by atoms with E-state index in [2.05, 4.69) is 20.0 Å². The van der Waals surface area contributed by atoms with Gasteiger partial charge in [-0.3, -0.25) is 9.88 Å². The van der Waals surface area contributed by atoms with Gasteiger partial charge in [0.2, 0.25) is 5.89 Å². The Bertz CT molecular complexity index is 604. The van der Waals surface area contributed by atoms with Gasteiger partial charge in [0.1, 0.15) is 0 Å². The molecule has 1 aliphatic rings. The van der Waals surface area contributed by atoms with Crippen LogP contribution in [0.3, 0.4) is 0 Å². The highest BCUT2D eigenvalue weighted by Crippen LogP contribution is 2.33. The molecule has 3 heterocycles. The summed E-state index contributed by atoms with van der Waals surface area (Å²) in [6.45, 7) is 2.96. The van der Waals surface area contributed by atoms with Crippen molar-refractivity contribution in [2.45, 2.75) is 32.0 Å². The van der Waals surface area contributed by atoms with Crippen molar-refractivity contribution in [3.63, 3.8) is 0 Å². The third-order valence-electron chi connectivity index (χ3n) is 3.44. The molecule has 3 rings (SSSR count). The van der Waals surface area contributed by atoms with Gasteiger partial charge < -0.3 is 9.63 Å². The van der Waals surface area contributed by atoms with Crippen LogP contribution in [0, 0.1) is 6.92 Å². The molecule has 0 spiro atoms. The highest BCUT2D eigenvalue weighted by Gasteiger charge is 2.35. The Balaban J connectivity index is 1.82. The van der Waals surface area contributed by atoms with E-state index < -0.39 is 6.10 Å². The van der Waals surface area contributed by atoms with Crippen molar-refractivity contribution < 1.29 is 9.63 Å². The molecule has 20 heavy (non-hydrogen) atoms.